The minimum atomic E-state index is 0.707. The largest absolute Gasteiger partial charge is 0.356 e. The van der Waals surface area contributed by atoms with Crippen molar-refractivity contribution in [2.24, 2.45) is 18.0 Å². The molecule has 0 spiro atoms. The van der Waals surface area contributed by atoms with Gasteiger partial charge in [0.05, 0.1) is 6.54 Å². The van der Waals surface area contributed by atoms with Crippen LogP contribution in [0.5, 0.6) is 0 Å². The van der Waals surface area contributed by atoms with Crippen molar-refractivity contribution in [1.29, 1.82) is 0 Å². The van der Waals surface area contributed by atoms with Gasteiger partial charge in [0.2, 0.25) is 0 Å². The second-order valence-corrected chi connectivity index (χ2v) is 5.22. The van der Waals surface area contributed by atoms with Gasteiger partial charge < -0.3 is 10.2 Å². The third-order valence-corrected chi connectivity index (χ3v) is 3.53. The fraction of sp³-hybridized carbons (Fsp3) is 0.769. The number of aliphatic imine (C=N–C) groups is 1. The van der Waals surface area contributed by atoms with Crippen LogP contribution in [0.3, 0.4) is 0 Å². The van der Waals surface area contributed by atoms with Gasteiger partial charge in [0.25, 0.3) is 0 Å². The normalized spacial score (nSPS) is 15.6. The van der Waals surface area contributed by atoms with Crippen LogP contribution in [0.1, 0.15) is 31.5 Å². The molecule has 0 aliphatic heterocycles. The van der Waals surface area contributed by atoms with Gasteiger partial charge in [-0.1, -0.05) is 12.8 Å². The highest BCUT2D eigenvalue weighted by Crippen LogP contribution is 2.33. The predicted molar refractivity (Wildman–Crippen MR) is 75.8 cm³/mol. The molecule has 2 rings (SSSR count). The van der Waals surface area contributed by atoms with Crippen LogP contribution in [0.25, 0.3) is 0 Å². The Morgan fingerprint density at radius 3 is 2.95 bits per heavy atom. The number of guanidine groups is 1. The van der Waals surface area contributed by atoms with Gasteiger partial charge in [-0.2, -0.15) is 5.10 Å². The molecule has 1 aliphatic rings. The number of rotatable bonds is 6. The standard InChI is InChI=1S/C13H24N6/c1-14-13(15-8-4-5-11-6-7-11)18(2)9-12-16-10-17-19(12)3/h10-11H,4-9H2,1-3H3,(H,14,15). The summed E-state index contributed by atoms with van der Waals surface area (Å²) in [7, 11) is 5.74. The van der Waals surface area contributed by atoms with E-state index >= 15 is 0 Å². The number of aryl methyl sites for hydroxylation is 1. The van der Waals surface area contributed by atoms with E-state index in [1.165, 1.54) is 25.7 Å². The molecule has 19 heavy (non-hydrogen) atoms. The van der Waals surface area contributed by atoms with E-state index in [4.69, 9.17) is 0 Å². The monoisotopic (exact) mass is 264 g/mol. The number of hydrogen-bond donors (Lipinski definition) is 1. The molecule has 0 bridgehead atoms. The first-order valence-electron chi connectivity index (χ1n) is 6.95. The Morgan fingerprint density at radius 2 is 2.37 bits per heavy atom. The maximum atomic E-state index is 4.30. The first-order chi connectivity index (χ1) is 9.20. The lowest BCUT2D eigenvalue weighted by Crippen LogP contribution is -2.39. The van der Waals surface area contributed by atoms with Crippen LogP contribution < -0.4 is 5.32 Å². The average Bonchev–Trinajstić information content (AvgIpc) is 3.14. The van der Waals surface area contributed by atoms with Gasteiger partial charge in [-0.3, -0.25) is 9.67 Å². The van der Waals surface area contributed by atoms with E-state index in [0.717, 1.165) is 24.2 Å². The van der Waals surface area contributed by atoms with Crippen molar-refractivity contribution in [3.63, 3.8) is 0 Å². The molecule has 6 heteroatoms. The fourth-order valence-electron chi connectivity index (χ4n) is 2.13. The lowest BCUT2D eigenvalue weighted by atomic mass is 10.2. The highest BCUT2D eigenvalue weighted by atomic mass is 15.4. The molecule has 106 valence electrons. The van der Waals surface area contributed by atoms with Crippen molar-refractivity contribution in [3.8, 4) is 0 Å². The summed E-state index contributed by atoms with van der Waals surface area (Å²) in [6.45, 7) is 1.70. The summed E-state index contributed by atoms with van der Waals surface area (Å²) in [5, 5.41) is 7.48. The molecule has 0 atom stereocenters. The van der Waals surface area contributed by atoms with Gasteiger partial charge in [0, 0.05) is 27.7 Å². The number of aromatic nitrogens is 3. The second kappa shape index (κ2) is 6.54. The van der Waals surface area contributed by atoms with Gasteiger partial charge in [0.15, 0.2) is 5.96 Å². The number of nitrogens with zero attached hydrogens (tertiary/aromatic N) is 5. The molecule has 1 saturated carbocycles. The molecule has 1 heterocycles. The van der Waals surface area contributed by atoms with E-state index in [0.29, 0.717) is 6.54 Å². The summed E-state index contributed by atoms with van der Waals surface area (Å²) in [5.74, 6) is 2.85. The molecule has 0 unspecified atom stereocenters. The average molecular weight is 264 g/mol. The Labute approximate surface area is 114 Å². The number of hydrogen-bond acceptors (Lipinski definition) is 3. The van der Waals surface area contributed by atoms with Gasteiger partial charge >= 0.3 is 0 Å². The van der Waals surface area contributed by atoms with Crippen molar-refractivity contribution in [2.75, 3.05) is 20.6 Å². The van der Waals surface area contributed by atoms with Crippen LogP contribution >= 0.6 is 0 Å². The minimum Gasteiger partial charge on any atom is -0.356 e. The van der Waals surface area contributed by atoms with E-state index in [2.05, 4.69) is 25.3 Å². The fourth-order valence-corrected chi connectivity index (χ4v) is 2.13. The van der Waals surface area contributed by atoms with Gasteiger partial charge in [0.1, 0.15) is 12.2 Å². The maximum Gasteiger partial charge on any atom is 0.193 e. The van der Waals surface area contributed by atoms with E-state index in [1.807, 2.05) is 21.1 Å². The molecule has 1 aromatic heterocycles. The van der Waals surface area contributed by atoms with Crippen molar-refractivity contribution in [2.45, 2.75) is 32.2 Å². The SMILES string of the molecule is CN=C(NCCCC1CC1)N(C)Cc1ncnn1C. The Bertz CT molecular complexity index is 421. The Kier molecular flexibility index (Phi) is 4.76. The topological polar surface area (TPSA) is 58.3 Å². The molecule has 0 aromatic carbocycles. The predicted octanol–water partition coefficient (Wildman–Crippen LogP) is 1.01. The zero-order valence-electron chi connectivity index (χ0n) is 12.1. The second-order valence-electron chi connectivity index (χ2n) is 5.22. The summed E-state index contributed by atoms with van der Waals surface area (Å²) < 4.78 is 1.79. The minimum absolute atomic E-state index is 0.707. The van der Waals surface area contributed by atoms with Crippen molar-refractivity contribution in [3.05, 3.63) is 12.2 Å². The third kappa shape index (κ3) is 4.22. The lowest BCUT2D eigenvalue weighted by Gasteiger charge is -2.21. The van der Waals surface area contributed by atoms with Gasteiger partial charge in [-0.05, 0) is 18.8 Å². The lowest BCUT2D eigenvalue weighted by molar-refractivity contribution is 0.447. The maximum absolute atomic E-state index is 4.30. The van der Waals surface area contributed by atoms with Crippen molar-refractivity contribution in [1.82, 2.24) is 25.0 Å². The van der Waals surface area contributed by atoms with E-state index in [-0.39, 0.29) is 0 Å². The Hall–Kier alpha value is -1.59. The molecule has 1 fully saturated rings. The molecule has 1 aliphatic carbocycles. The van der Waals surface area contributed by atoms with E-state index in [9.17, 15) is 0 Å². The summed E-state index contributed by atoms with van der Waals surface area (Å²) >= 11 is 0. The van der Waals surface area contributed by atoms with E-state index < -0.39 is 0 Å². The summed E-state index contributed by atoms with van der Waals surface area (Å²) in [5.41, 5.74) is 0. The quantitative estimate of drug-likeness (QED) is 0.473. The van der Waals surface area contributed by atoms with Crippen LogP contribution in [0, 0.1) is 5.92 Å². The zero-order valence-corrected chi connectivity index (χ0v) is 12.1. The highest BCUT2D eigenvalue weighted by molar-refractivity contribution is 5.79. The Morgan fingerprint density at radius 1 is 1.58 bits per heavy atom. The molecule has 6 nitrogen and oxygen atoms in total. The molecular formula is C13H24N6. The van der Waals surface area contributed by atoms with Crippen LogP contribution in [-0.2, 0) is 13.6 Å². The van der Waals surface area contributed by atoms with Crippen LogP contribution in [-0.4, -0.2) is 46.3 Å². The zero-order chi connectivity index (χ0) is 13.7. The molecule has 1 N–H and O–H groups in total. The van der Waals surface area contributed by atoms with Crippen LogP contribution in [0.4, 0.5) is 0 Å². The van der Waals surface area contributed by atoms with Gasteiger partial charge in [-0.25, -0.2) is 4.98 Å². The first kappa shape index (κ1) is 13.8. The van der Waals surface area contributed by atoms with Crippen molar-refractivity contribution < 1.29 is 0 Å². The summed E-state index contributed by atoms with van der Waals surface area (Å²) in [6, 6.07) is 0. The summed E-state index contributed by atoms with van der Waals surface area (Å²) in [6.07, 6.45) is 7.01. The first-order valence-corrected chi connectivity index (χ1v) is 6.95. The van der Waals surface area contributed by atoms with Crippen molar-refractivity contribution >= 4 is 5.96 Å². The highest BCUT2D eigenvalue weighted by Gasteiger charge is 2.20. The van der Waals surface area contributed by atoms with Crippen LogP contribution in [0.2, 0.25) is 0 Å². The van der Waals surface area contributed by atoms with Crippen LogP contribution in [0.15, 0.2) is 11.3 Å². The smallest absolute Gasteiger partial charge is 0.193 e. The summed E-state index contributed by atoms with van der Waals surface area (Å²) in [4.78, 5) is 10.6. The third-order valence-electron chi connectivity index (χ3n) is 3.53. The molecule has 1 aromatic rings. The molecule has 0 saturated heterocycles. The number of nitrogens with one attached hydrogen (secondary N) is 1. The Balaban J connectivity index is 1.74. The van der Waals surface area contributed by atoms with Gasteiger partial charge in [-0.15, -0.1) is 0 Å². The van der Waals surface area contributed by atoms with E-state index in [1.54, 1.807) is 11.0 Å². The molecular weight excluding hydrogens is 240 g/mol. The molecule has 0 radical (unpaired) electrons. The molecule has 0 amide bonds.